The van der Waals surface area contributed by atoms with Crippen molar-refractivity contribution in [3.05, 3.63) is 71.8 Å². The summed E-state index contributed by atoms with van der Waals surface area (Å²) in [6.07, 6.45) is -0.718. The van der Waals surface area contributed by atoms with Crippen molar-refractivity contribution in [2.45, 2.75) is 19.6 Å². The Morgan fingerprint density at radius 1 is 1.00 bits per heavy atom. The van der Waals surface area contributed by atoms with Gasteiger partial charge in [-0.15, -0.1) is 0 Å². The standard InChI is InChI=1S/C22H23NO5/c1-14-17(18(14)20(24)16-11-7-4-8-12-16)19(21(25)27-2)23-22(26)28-13-15-9-5-3-6-10-15/h3-12,14,17-19H,13H2,1-2H3,(H,23,26)/t14-,17+,18+,19+/m1/s1. The number of Topliss-reactive ketones (excluding diaryl/α,β-unsaturated/α-hetero) is 1. The fraction of sp³-hybridized carbons (Fsp3) is 0.318. The third kappa shape index (κ3) is 4.39. The molecule has 1 amide bonds. The number of hydrogen-bond donors (Lipinski definition) is 1. The van der Waals surface area contributed by atoms with Crippen LogP contribution < -0.4 is 5.32 Å². The second kappa shape index (κ2) is 8.69. The van der Waals surface area contributed by atoms with Gasteiger partial charge in [0, 0.05) is 17.4 Å². The third-order valence-electron chi connectivity index (χ3n) is 5.13. The number of amides is 1. The average Bonchev–Trinajstić information content (AvgIpc) is 3.41. The van der Waals surface area contributed by atoms with Crippen LogP contribution in [0.25, 0.3) is 0 Å². The predicted molar refractivity (Wildman–Crippen MR) is 102 cm³/mol. The van der Waals surface area contributed by atoms with Crippen LogP contribution in [-0.4, -0.2) is 31.0 Å². The number of methoxy groups -OCH3 is 1. The molecule has 6 nitrogen and oxygen atoms in total. The van der Waals surface area contributed by atoms with Gasteiger partial charge >= 0.3 is 12.1 Å². The van der Waals surface area contributed by atoms with E-state index < -0.39 is 18.1 Å². The lowest BCUT2D eigenvalue weighted by atomic mass is 10.0. The molecule has 4 atom stereocenters. The highest BCUT2D eigenvalue weighted by Gasteiger charge is 2.58. The van der Waals surface area contributed by atoms with Crippen LogP contribution in [0.4, 0.5) is 4.79 Å². The normalized spacial score (nSPS) is 21.3. The fourth-order valence-electron chi connectivity index (χ4n) is 3.54. The van der Waals surface area contributed by atoms with Gasteiger partial charge in [0.05, 0.1) is 7.11 Å². The third-order valence-corrected chi connectivity index (χ3v) is 5.13. The summed E-state index contributed by atoms with van der Waals surface area (Å²) in [5, 5.41) is 2.58. The molecule has 0 spiro atoms. The number of carbonyl (C=O) groups excluding carboxylic acids is 3. The molecule has 2 aromatic rings. The summed E-state index contributed by atoms with van der Waals surface area (Å²) in [4.78, 5) is 37.2. The van der Waals surface area contributed by atoms with Crippen LogP contribution >= 0.6 is 0 Å². The first-order chi connectivity index (χ1) is 13.5. The quantitative estimate of drug-likeness (QED) is 0.588. The molecule has 1 fully saturated rings. The molecule has 1 aliphatic rings. The van der Waals surface area contributed by atoms with Crippen LogP contribution in [-0.2, 0) is 20.9 Å². The van der Waals surface area contributed by atoms with Crippen LogP contribution in [0.5, 0.6) is 0 Å². The zero-order valence-corrected chi connectivity index (χ0v) is 15.8. The number of carbonyl (C=O) groups is 3. The van der Waals surface area contributed by atoms with E-state index in [1.165, 1.54) is 7.11 Å². The predicted octanol–water partition coefficient (Wildman–Crippen LogP) is 3.22. The maximum atomic E-state index is 12.7. The second-order valence-electron chi connectivity index (χ2n) is 6.90. The average molecular weight is 381 g/mol. The molecule has 0 radical (unpaired) electrons. The Bertz CT molecular complexity index is 837. The number of nitrogens with one attached hydrogen (secondary N) is 1. The van der Waals surface area contributed by atoms with Crippen molar-refractivity contribution in [3.8, 4) is 0 Å². The topological polar surface area (TPSA) is 81.7 Å². The lowest BCUT2D eigenvalue weighted by Gasteiger charge is -2.16. The van der Waals surface area contributed by atoms with Crippen molar-refractivity contribution in [1.29, 1.82) is 0 Å². The van der Waals surface area contributed by atoms with Gasteiger partial charge in [0.1, 0.15) is 12.6 Å². The Morgan fingerprint density at radius 3 is 2.21 bits per heavy atom. The second-order valence-corrected chi connectivity index (χ2v) is 6.90. The molecule has 0 unspecified atom stereocenters. The first-order valence-electron chi connectivity index (χ1n) is 9.17. The zero-order valence-electron chi connectivity index (χ0n) is 15.8. The van der Waals surface area contributed by atoms with Gasteiger partial charge in [-0.25, -0.2) is 9.59 Å². The minimum Gasteiger partial charge on any atom is -0.467 e. The molecular weight excluding hydrogens is 358 g/mol. The summed E-state index contributed by atoms with van der Waals surface area (Å²) >= 11 is 0. The summed E-state index contributed by atoms with van der Waals surface area (Å²) in [6, 6.07) is 17.2. The smallest absolute Gasteiger partial charge is 0.408 e. The van der Waals surface area contributed by atoms with Gasteiger partial charge in [-0.05, 0) is 11.5 Å². The molecule has 0 aromatic heterocycles. The van der Waals surface area contributed by atoms with Crippen molar-refractivity contribution >= 4 is 17.8 Å². The van der Waals surface area contributed by atoms with Crippen LogP contribution in [0.2, 0.25) is 0 Å². The Kier molecular flexibility index (Phi) is 6.09. The maximum Gasteiger partial charge on any atom is 0.408 e. The molecule has 0 heterocycles. The van der Waals surface area contributed by atoms with Gasteiger partial charge in [0.25, 0.3) is 0 Å². The van der Waals surface area contributed by atoms with Gasteiger partial charge in [0.2, 0.25) is 0 Å². The van der Waals surface area contributed by atoms with E-state index in [9.17, 15) is 14.4 Å². The van der Waals surface area contributed by atoms with Gasteiger partial charge in [-0.2, -0.15) is 0 Å². The van der Waals surface area contributed by atoms with Crippen LogP contribution in [0.15, 0.2) is 60.7 Å². The Hall–Kier alpha value is -3.15. The number of benzene rings is 2. The van der Waals surface area contributed by atoms with Crippen molar-refractivity contribution < 1.29 is 23.9 Å². The molecule has 6 heteroatoms. The van der Waals surface area contributed by atoms with E-state index in [0.29, 0.717) is 5.56 Å². The molecule has 1 aliphatic carbocycles. The highest BCUT2D eigenvalue weighted by Crippen LogP contribution is 2.50. The molecule has 0 saturated heterocycles. The van der Waals surface area contributed by atoms with Crippen molar-refractivity contribution in [2.24, 2.45) is 17.8 Å². The molecule has 1 N–H and O–H groups in total. The first-order valence-corrected chi connectivity index (χ1v) is 9.17. The van der Waals surface area contributed by atoms with Gasteiger partial charge < -0.3 is 14.8 Å². The summed E-state index contributed by atoms with van der Waals surface area (Å²) in [7, 11) is 1.26. The summed E-state index contributed by atoms with van der Waals surface area (Å²) in [5.41, 5.74) is 1.43. The Morgan fingerprint density at radius 2 is 1.61 bits per heavy atom. The highest BCUT2D eigenvalue weighted by atomic mass is 16.6. The summed E-state index contributed by atoms with van der Waals surface area (Å²) in [5.74, 6) is -1.35. The van der Waals surface area contributed by atoms with Crippen LogP contribution in [0.3, 0.4) is 0 Å². The monoisotopic (exact) mass is 381 g/mol. The first kappa shape index (κ1) is 19.6. The SMILES string of the molecule is COC(=O)[C@@H](NC(=O)OCc1ccccc1)[C@H]1[C@@H](C)[C@@H]1C(=O)c1ccccc1. The number of ether oxygens (including phenoxy) is 2. The number of esters is 1. The van der Waals surface area contributed by atoms with E-state index in [-0.39, 0.29) is 30.1 Å². The fourth-order valence-corrected chi connectivity index (χ4v) is 3.54. The lowest BCUT2D eigenvalue weighted by Crippen LogP contribution is -2.44. The number of rotatable bonds is 7. The van der Waals surface area contributed by atoms with E-state index >= 15 is 0 Å². The van der Waals surface area contributed by atoms with Crippen LogP contribution in [0.1, 0.15) is 22.8 Å². The summed E-state index contributed by atoms with van der Waals surface area (Å²) in [6.45, 7) is 1.98. The number of ketones is 1. The minimum atomic E-state index is -0.930. The van der Waals surface area contributed by atoms with Gasteiger partial charge in [0.15, 0.2) is 5.78 Å². The lowest BCUT2D eigenvalue weighted by molar-refractivity contribution is -0.143. The van der Waals surface area contributed by atoms with E-state index in [2.05, 4.69) is 5.32 Å². The number of hydrogen-bond acceptors (Lipinski definition) is 5. The van der Waals surface area contributed by atoms with Crippen molar-refractivity contribution in [2.75, 3.05) is 7.11 Å². The molecular formula is C22H23NO5. The van der Waals surface area contributed by atoms with E-state index in [1.54, 1.807) is 24.3 Å². The molecule has 0 bridgehead atoms. The van der Waals surface area contributed by atoms with Crippen LogP contribution in [0, 0.1) is 17.8 Å². The minimum absolute atomic E-state index is 0.0357. The van der Waals surface area contributed by atoms with E-state index in [4.69, 9.17) is 9.47 Å². The molecule has 3 rings (SSSR count). The van der Waals surface area contributed by atoms with Crippen molar-refractivity contribution in [1.82, 2.24) is 5.32 Å². The molecule has 2 aromatic carbocycles. The van der Waals surface area contributed by atoms with Gasteiger partial charge in [-0.1, -0.05) is 67.6 Å². The zero-order chi connectivity index (χ0) is 20.1. The molecule has 0 aliphatic heterocycles. The molecule has 1 saturated carbocycles. The van der Waals surface area contributed by atoms with Crippen molar-refractivity contribution in [3.63, 3.8) is 0 Å². The maximum absolute atomic E-state index is 12.7. The van der Waals surface area contributed by atoms with E-state index in [0.717, 1.165) is 5.56 Å². The Balaban J connectivity index is 1.64. The highest BCUT2D eigenvalue weighted by molar-refractivity contribution is 6.00. The Labute approximate surface area is 163 Å². The number of alkyl carbamates (subject to hydrolysis) is 1. The van der Waals surface area contributed by atoms with Gasteiger partial charge in [-0.3, -0.25) is 4.79 Å². The summed E-state index contributed by atoms with van der Waals surface area (Å²) < 4.78 is 10.0. The largest absolute Gasteiger partial charge is 0.467 e. The molecule has 28 heavy (non-hydrogen) atoms. The van der Waals surface area contributed by atoms with E-state index in [1.807, 2.05) is 43.3 Å². The molecule has 146 valence electrons.